The number of phosphoric acid groups is 2. The van der Waals surface area contributed by atoms with E-state index in [1.165, 1.54) is 161 Å². The van der Waals surface area contributed by atoms with E-state index in [4.69, 9.17) is 37.0 Å². The van der Waals surface area contributed by atoms with E-state index in [1.54, 1.807) is 0 Å². The van der Waals surface area contributed by atoms with Gasteiger partial charge in [0, 0.05) is 25.7 Å². The zero-order chi connectivity index (χ0) is 71.8. The molecule has 0 heterocycles. The standard InChI is InChI=1S/C79H146O17P2/c1-5-9-13-17-21-24-27-30-33-34-35-36-37-38-41-44-47-50-54-58-62-66-79(84)96-75(70-90-77(82)64-60-56-52-48-45-42-39-31-28-25-22-18-14-10-6-2)72-94-98(87,88)92-68-73(80)67-91-97(85,86)93-71-74(69-89-76(81)63-59-55-51-20-16-12-8-4)95-78(83)65-61-57-53-49-46-43-40-32-29-26-23-19-15-11-7-3/h25-26,28-29,31-32,39-40,73-75,80H,5-24,27,30,33-38,41-72H2,1-4H3,(H,85,86)(H,87,88)/b28-25-,29-26-,39-31-,40-32-/t73-,74+,75+/m0/s1. The van der Waals surface area contributed by atoms with Crippen molar-refractivity contribution in [2.45, 2.75) is 393 Å². The van der Waals surface area contributed by atoms with Gasteiger partial charge in [0.15, 0.2) is 12.2 Å². The van der Waals surface area contributed by atoms with Crippen LogP contribution in [0.25, 0.3) is 0 Å². The predicted molar refractivity (Wildman–Crippen MR) is 400 cm³/mol. The molecule has 0 radical (unpaired) electrons. The van der Waals surface area contributed by atoms with Crippen LogP contribution >= 0.6 is 15.6 Å². The van der Waals surface area contributed by atoms with Crippen molar-refractivity contribution in [3.63, 3.8) is 0 Å². The normalized spacial score (nSPS) is 14.2. The van der Waals surface area contributed by atoms with Crippen LogP contribution in [0.15, 0.2) is 48.6 Å². The van der Waals surface area contributed by atoms with Gasteiger partial charge in [-0.1, -0.05) is 320 Å². The third-order valence-corrected chi connectivity index (χ3v) is 19.3. The van der Waals surface area contributed by atoms with E-state index < -0.39 is 97.5 Å². The highest BCUT2D eigenvalue weighted by molar-refractivity contribution is 7.47. The maximum Gasteiger partial charge on any atom is 0.472 e. The minimum Gasteiger partial charge on any atom is -0.462 e. The third kappa shape index (κ3) is 71.4. The zero-order valence-corrected chi connectivity index (χ0v) is 64.5. The first kappa shape index (κ1) is 95.0. The molecule has 0 aliphatic heterocycles. The fourth-order valence-corrected chi connectivity index (χ4v) is 12.8. The van der Waals surface area contributed by atoms with E-state index in [2.05, 4.69) is 76.3 Å². The number of unbranched alkanes of at least 4 members (excludes halogenated alkanes) is 44. The van der Waals surface area contributed by atoms with Crippen molar-refractivity contribution in [2.75, 3.05) is 39.6 Å². The summed E-state index contributed by atoms with van der Waals surface area (Å²) >= 11 is 0. The number of carbonyl (C=O) groups is 4. The predicted octanol–water partition coefficient (Wildman–Crippen LogP) is 22.9. The Morgan fingerprint density at radius 3 is 0.745 bits per heavy atom. The Bertz CT molecular complexity index is 2050. The molecule has 5 atom stereocenters. The molecule has 3 N–H and O–H groups in total. The minimum absolute atomic E-state index is 0.0827. The Hall–Kier alpha value is -2.98. The van der Waals surface area contributed by atoms with Gasteiger partial charge in [-0.25, -0.2) is 9.13 Å². The second-order valence-electron chi connectivity index (χ2n) is 27.1. The molecular weight excluding hydrogens is 1280 g/mol. The van der Waals surface area contributed by atoms with Crippen LogP contribution in [0.2, 0.25) is 0 Å². The van der Waals surface area contributed by atoms with Gasteiger partial charge in [-0.05, 0) is 77.0 Å². The monoisotopic (exact) mass is 1430 g/mol. The molecule has 0 rings (SSSR count). The molecular formula is C79H146O17P2. The molecule has 2 unspecified atom stereocenters. The number of rotatable bonds is 76. The van der Waals surface area contributed by atoms with Gasteiger partial charge in [0.2, 0.25) is 0 Å². The second-order valence-corrected chi connectivity index (χ2v) is 30.0. The average molecular weight is 1430 g/mol. The quantitative estimate of drug-likeness (QED) is 0.0169. The van der Waals surface area contributed by atoms with Crippen molar-refractivity contribution in [1.82, 2.24) is 0 Å². The van der Waals surface area contributed by atoms with E-state index in [0.717, 1.165) is 135 Å². The molecule has 0 aromatic carbocycles. The first-order valence-corrected chi connectivity index (χ1v) is 42.9. The molecule has 0 bridgehead atoms. The molecule has 0 aliphatic carbocycles. The van der Waals surface area contributed by atoms with E-state index in [1.807, 2.05) is 0 Å². The van der Waals surface area contributed by atoms with Crippen molar-refractivity contribution in [1.29, 1.82) is 0 Å². The number of allylic oxidation sites excluding steroid dienone is 8. The maximum atomic E-state index is 13.1. The first-order chi connectivity index (χ1) is 47.7. The van der Waals surface area contributed by atoms with Gasteiger partial charge in [-0.3, -0.25) is 37.3 Å². The molecule has 98 heavy (non-hydrogen) atoms. The summed E-state index contributed by atoms with van der Waals surface area (Å²) in [4.78, 5) is 72.7. The number of ether oxygens (including phenoxy) is 4. The van der Waals surface area contributed by atoms with Crippen molar-refractivity contribution in [2.24, 2.45) is 0 Å². The van der Waals surface area contributed by atoms with E-state index in [9.17, 15) is 43.2 Å². The first-order valence-electron chi connectivity index (χ1n) is 39.9. The Balaban J connectivity index is 5.23. The van der Waals surface area contributed by atoms with Crippen molar-refractivity contribution in [3.8, 4) is 0 Å². The van der Waals surface area contributed by atoms with Crippen LogP contribution in [-0.4, -0.2) is 96.7 Å². The summed E-state index contributed by atoms with van der Waals surface area (Å²) in [5, 5.41) is 10.6. The lowest BCUT2D eigenvalue weighted by Crippen LogP contribution is -2.30. The van der Waals surface area contributed by atoms with Gasteiger partial charge >= 0.3 is 39.5 Å². The van der Waals surface area contributed by atoms with E-state index >= 15 is 0 Å². The number of carbonyl (C=O) groups excluding carboxylic acids is 4. The highest BCUT2D eigenvalue weighted by Gasteiger charge is 2.30. The average Bonchev–Trinajstić information content (AvgIpc) is 0.997. The summed E-state index contributed by atoms with van der Waals surface area (Å²) in [6.45, 7) is 4.83. The van der Waals surface area contributed by atoms with Crippen LogP contribution in [-0.2, 0) is 65.4 Å². The Morgan fingerprint density at radius 1 is 0.286 bits per heavy atom. The fraction of sp³-hybridized carbons (Fsp3) is 0.848. The van der Waals surface area contributed by atoms with Crippen molar-refractivity contribution in [3.05, 3.63) is 48.6 Å². The molecule has 0 aliphatic rings. The molecule has 19 heteroatoms. The zero-order valence-electron chi connectivity index (χ0n) is 62.7. The molecule has 574 valence electrons. The number of esters is 4. The lowest BCUT2D eigenvalue weighted by Gasteiger charge is -2.21. The summed E-state index contributed by atoms with van der Waals surface area (Å²) in [6, 6.07) is 0. The molecule has 0 amide bonds. The summed E-state index contributed by atoms with van der Waals surface area (Å²) < 4.78 is 68.4. The van der Waals surface area contributed by atoms with Gasteiger partial charge in [0.05, 0.1) is 26.4 Å². The topological polar surface area (TPSA) is 237 Å². The summed E-state index contributed by atoms with van der Waals surface area (Å²) in [5.74, 6) is -2.18. The van der Waals surface area contributed by atoms with Gasteiger partial charge in [0.25, 0.3) is 0 Å². The Kier molecular flexibility index (Phi) is 70.2. The van der Waals surface area contributed by atoms with E-state index in [-0.39, 0.29) is 25.7 Å². The largest absolute Gasteiger partial charge is 0.472 e. The van der Waals surface area contributed by atoms with Crippen LogP contribution < -0.4 is 0 Å². The lowest BCUT2D eigenvalue weighted by molar-refractivity contribution is -0.161. The van der Waals surface area contributed by atoms with Gasteiger partial charge in [0.1, 0.15) is 19.3 Å². The summed E-state index contributed by atoms with van der Waals surface area (Å²) in [7, 11) is -9.93. The van der Waals surface area contributed by atoms with Gasteiger partial charge < -0.3 is 33.8 Å². The second kappa shape index (κ2) is 72.4. The van der Waals surface area contributed by atoms with Crippen LogP contribution in [0.4, 0.5) is 0 Å². The SMILES string of the molecule is CCCCCC/C=C\C=C/CCCCCCCC(=O)OC[C@H](COP(=O)(O)OC[C@@H](O)COP(=O)(O)OC[C@@H](COC(=O)CCCCCCCCC)OC(=O)CCCCCCC/C=C\C=C/CCCCCC)OC(=O)CCCCCCCCCCCCCCCCCCCCCCC. The van der Waals surface area contributed by atoms with Crippen molar-refractivity contribution < 1.29 is 80.2 Å². The summed E-state index contributed by atoms with van der Waals surface area (Å²) in [5.41, 5.74) is 0. The molecule has 0 saturated heterocycles. The lowest BCUT2D eigenvalue weighted by atomic mass is 10.0. The third-order valence-electron chi connectivity index (χ3n) is 17.4. The number of aliphatic hydroxyl groups excluding tert-OH is 1. The number of hydrogen-bond acceptors (Lipinski definition) is 15. The van der Waals surface area contributed by atoms with Crippen LogP contribution in [0.5, 0.6) is 0 Å². The maximum absolute atomic E-state index is 13.1. The number of aliphatic hydroxyl groups is 1. The van der Waals surface area contributed by atoms with Crippen LogP contribution in [0.1, 0.15) is 374 Å². The molecule has 0 aromatic heterocycles. The highest BCUT2D eigenvalue weighted by atomic mass is 31.2. The fourth-order valence-electron chi connectivity index (χ4n) is 11.2. The number of hydrogen-bond donors (Lipinski definition) is 3. The molecule has 0 saturated carbocycles. The number of phosphoric ester groups is 2. The Morgan fingerprint density at radius 2 is 0.490 bits per heavy atom. The molecule has 0 spiro atoms. The van der Waals surface area contributed by atoms with Crippen molar-refractivity contribution >= 4 is 39.5 Å². The van der Waals surface area contributed by atoms with Crippen LogP contribution in [0, 0.1) is 0 Å². The smallest absolute Gasteiger partial charge is 0.462 e. The minimum atomic E-state index is -4.97. The highest BCUT2D eigenvalue weighted by Crippen LogP contribution is 2.45. The molecule has 0 aromatic rings. The van der Waals surface area contributed by atoms with Crippen LogP contribution in [0.3, 0.4) is 0 Å². The molecule has 0 fully saturated rings. The van der Waals surface area contributed by atoms with Gasteiger partial charge in [-0.2, -0.15) is 0 Å². The molecule has 17 nitrogen and oxygen atoms in total. The summed E-state index contributed by atoms with van der Waals surface area (Å²) in [6.07, 6.45) is 69.8. The Labute approximate surface area is 597 Å². The van der Waals surface area contributed by atoms with Gasteiger partial charge in [-0.15, -0.1) is 0 Å². The van der Waals surface area contributed by atoms with E-state index in [0.29, 0.717) is 25.7 Å².